The molecular formula is C8H16BrNO2. The smallest absolute Gasteiger partial charge is 0.221 e. The lowest BCUT2D eigenvalue weighted by atomic mass is 10.2. The SMILES string of the molecule is CCC(COC)NC(=O)CCBr. The fourth-order valence-electron chi connectivity index (χ4n) is 0.848. The van der Waals surface area contributed by atoms with Crippen LogP contribution in [0.1, 0.15) is 19.8 Å². The summed E-state index contributed by atoms with van der Waals surface area (Å²) in [6, 6.07) is 0.154. The minimum absolute atomic E-state index is 0.0794. The summed E-state index contributed by atoms with van der Waals surface area (Å²) in [6.45, 7) is 2.61. The third-order valence-corrected chi connectivity index (χ3v) is 1.94. The summed E-state index contributed by atoms with van der Waals surface area (Å²) in [4.78, 5) is 11.1. The van der Waals surface area contributed by atoms with Gasteiger partial charge in [-0.15, -0.1) is 0 Å². The molecule has 72 valence electrons. The average Bonchev–Trinajstić information content (AvgIpc) is 2.04. The second-order valence-corrected chi connectivity index (χ2v) is 3.36. The van der Waals surface area contributed by atoms with Crippen LogP contribution in [-0.2, 0) is 9.53 Å². The number of ether oxygens (including phenoxy) is 1. The van der Waals surface area contributed by atoms with Gasteiger partial charge in [0, 0.05) is 18.9 Å². The number of amides is 1. The maximum Gasteiger partial charge on any atom is 0.221 e. The standard InChI is InChI=1S/C8H16BrNO2/c1-3-7(6-12-2)10-8(11)4-5-9/h7H,3-6H2,1-2H3,(H,10,11). The van der Waals surface area contributed by atoms with Gasteiger partial charge in [0.25, 0.3) is 0 Å². The number of rotatable bonds is 6. The van der Waals surface area contributed by atoms with Gasteiger partial charge in [-0.1, -0.05) is 22.9 Å². The normalized spacial score (nSPS) is 12.6. The summed E-state index contributed by atoms with van der Waals surface area (Å²) < 4.78 is 4.95. The Morgan fingerprint density at radius 2 is 2.33 bits per heavy atom. The van der Waals surface area contributed by atoms with E-state index in [4.69, 9.17) is 4.74 Å². The lowest BCUT2D eigenvalue weighted by Gasteiger charge is -2.15. The van der Waals surface area contributed by atoms with Crippen LogP contribution in [0.4, 0.5) is 0 Å². The Labute approximate surface area is 82.0 Å². The predicted octanol–water partition coefficient (Wildman–Crippen LogP) is 1.31. The third-order valence-electron chi connectivity index (χ3n) is 1.55. The summed E-state index contributed by atoms with van der Waals surface area (Å²) in [7, 11) is 1.64. The summed E-state index contributed by atoms with van der Waals surface area (Å²) in [6.07, 6.45) is 1.43. The van der Waals surface area contributed by atoms with Gasteiger partial charge in [0.05, 0.1) is 12.6 Å². The van der Waals surface area contributed by atoms with Crippen molar-refractivity contribution >= 4 is 21.8 Å². The zero-order chi connectivity index (χ0) is 9.40. The van der Waals surface area contributed by atoms with E-state index in [1.165, 1.54) is 0 Å². The summed E-state index contributed by atoms with van der Waals surface area (Å²) in [5.41, 5.74) is 0. The van der Waals surface area contributed by atoms with Gasteiger partial charge >= 0.3 is 0 Å². The molecule has 0 heterocycles. The Hall–Kier alpha value is -0.0900. The van der Waals surface area contributed by atoms with Gasteiger partial charge in [-0.25, -0.2) is 0 Å². The molecule has 0 fully saturated rings. The number of alkyl halides is 1. The first kappa shape index (κ1) is 11.9. The molecule has 0 spiro atoms. The first-order valence-corrected chi connectivity index (χ1v) is 5.21. The number of hydrogen-bond acceptors (Lipinski definition) is 2. The monoisotopic (exact) mass is 237 g/mol. The number of halogens is 1. The predicted molar refractivity (Wildman–Crippen MR) is 52.5 cm³/mol. The van der Waals surface area contributed by atoms with Gasteiger partial charge in [0.2, 0.25) is 5.91 Å². The minimum Gasteiger partial charge on any atom is -0.383 e. The summed E-state index contributed by atoms with van der Waals surface area (Å²) in [5, 5.41) is 3.59. The van der Waals surface area contributed by atoms with Crippen molar-refractivity contribution in [1.82, 2.24) is 5.32 Å². The molecule has 1 N–H and O–H groups in total. The van der Waals surface area contributed by atoms with Crippen molar-refractivity contribution in [2.24, 2.45) is 0 Å². The van der Waals surface area contributed by atoms with Crippen LogP contribution in [-0.4, -0.2) is 31.0 Å². The maximum atomic E-state index is 11.1. The van der Waals surface area contributed by atoms with Crippen molar-refractivity contribution in [3.8, 4) is 0 Å². The van der Waals surface area contributed by atoms with E-state index >= 15 is 0 Å². The maximum absolute atomic E-state index is 11.1. The fourth-order valence-corrected chi connectivity index (χ4v) is 1.21. The zero-order valence-corrected chi connectivity index (χ0v) is 9.19. The number of methoxy groups -OCH3 is 1. The summed E-state index contributed by atoms with van der Waals surface area (Å²) >= 11 is 3.21. The molecule has 0 saturated heterocycles. The van der Waals surface area contributed by atoms with Crippen LogP contribution >= 0.6 is 15.9 Å². The molecule has 3 nitrogen and oxygen atoms in total. The average molecular weight is 238 g/mol. The molecule has 0 aromatic heterocycles. The van der Waals surface area contributed by atoms with Crippen LogP contribution in [0.15, 0.2) is 0 Å². The molecule has 1 atom stereocenters. The highest BCUT2D eigenvalue weighted by molar-refractivity contribution is 9.09. The number of nitrogens with one attached hydrogen (secondary N) is 1. The van der Waals surface area contributed by atoms with Crippen LogP contribution in [0.2, 0.25) is 0 Å². The van der Waals surface area contributed by atoms with E-state index < -0.39 is 0 Å². The molecule has 0 aliphatic rings. The van der Waals surface area contributed by atoms with Crippen molar-refractivity contribution in [3.05, 3.63) is 0 Å². The first-order chi connectivity index (χ1) is 5.74. The molecule has 0 saturated carbocycles. The van der Waals surface area contributed by atoms with Gasteiger partial charge in [0.1, 0.15) is 0 Å². The molecule has 1 amide bonds. The molecule has 0 aromatic rings. The molecule has 12 heavy (non-hydrogen) atoms. The van der Waals surface area contributed by atoms with Crippen molar-refractivity contribution in [1.29, 1.82) is 0 Å². The molecule has 0 rings (SSSR count). The van der Waals surface area contributed by atoms with E-state index in [9.17, 15) is 4.79 Å². The van der Waals surface area contributed by atoms with Crippen molar-refractivity contribution < 1.29 is 9.53 Å². The second kappa shape index (κ2) is 7.55. The molecule has 0 bridgehead atoms. The molecule has 0 radical (unpaired) electrons. The van der Waals surface area contributed by atoms with Crippen molar-refractivity contribution in [2.75, 3.05) is 19.0 Å². The Kier molecular flexibility index (Phi) is 7.50. The topological polar surface area (TPSA) is 38.3 Å². The Bertz CT molecular complexity index is 130. The van der Waals surface area contributed by atoms with E-state index in [2.05, 4.69) is 21.2 Å². The van der Waals surface area contributed by atoms with Crippen LogP contribution in [0.25, 0.3) is 0 Å². The lowest BCUT2D eigenvalue weighted by molar-refractivity contribution is -0.121. The second-order valence-electron chi connectivity index (χ2n) is 2.57. The molecule has 0 aromatic carbocycles. The van der Waals surface area contributed by atoms with Crippen LogP contribution in [0.5, 0.6) is 0 Å². The third kappa shape index (κ3) is 5.55. The van der Waals surface area contributed by atoms with Gasteiger partial charge in [0.15, 0.2) is 0 Å². The van der Waals surface area contributed by atoms with Gasteiger partial charge in [-0.2, -0.15) is 0 Å². The van der Waals surface area contributed by atoms with E-state index in [1.807, 2.05) is 6.92 Å². The van der Waals surface area contributed by atoms with Crippen molar-refractivity contribution in [2.45, 2.75) is 25.8 Å². The summed E-state index contributed by atoms with van der Waals surface area (Å²) in [5.74, 6) is 0.0794. The van der Waals surface area contributed by atoms with Gasteiger partial charge in [-0.05, 0) is 6.42 Å². The van der Waals surface area contributed by atoms with E-state index in [-0.39, 0.29) is 11.9 Å². The highest BCUT2D eigenvalue weighted by Crippen LogP contribution is 1.94. The first-order valence-electron chi connectivity index (χ1n) is 4.08. The van der Waals surface area contributed by atoms with Gasteiger partial charge < -0.3 is 10.1 Å². The largest absolute Gasteiger partial charge is 0.383 e. The Morgan fingerprint density at radius 1 is 1.67 bits per heavy atom. The molecular weight excluding hydrogens is 222 g/mol. The Balaban J connectivity index is 3.61. The van der Waals surface area contributed by atoms with E-state index in [0.717, 1.165) is 6.42 Å². The quantitative estimate of drug-likeness (QED) is 0.708. The number of carbonyl (C=O) groups is 1. The highest BCUT2D eigenvalue weighted by Gasteiger charge is 2.08. The van der Waals surface area contributed by atoms with Crippen molar-refractivity contribution in [3.63, 3.8) is 0 Å². The lowest BCUT2D eigenvalue weighted by Crippen LogP contribution is -2.37. The zero-order valence-electron chi connectivity index (χ0n) is 7.60. The van der Waals surface area contributed by atoms with Crippen LogP contribution < -0.4 is 5.32 Å². The molecule has 0 aliphatic carbocycles. The minimum atomic E-state index is 0.0794. The molecule has 0 aliphatic heterocycles. The Morgan fingerprint density at radius 3 is 2.75 bits per heavy atom. The van der Waals surface area contributed by atoms with E-state index in [0.29, 0.717) is 18.4 Å². The number of carbonyl (C=O) groups excluding carboxylic acids is 1. The van der Waals surface area contributed by atoms with Crippen LogP contribution in [0, 0.1) is 0 Å². The fraction of sp³-hybridized carbons (Fsp3) is 0.875. The highest BCUT2D eigenvalue weighted by atomic mass is 79.9. The molecule has 1 unspecified atom stereocenters. The van der Waals surface area contributed by atoms with Gasteiger partial charge in [-0.3, -0.25) is 4.79 Å². The van der Waals surface area contributed by atoms with E-state index in [1.54, 1.807) is 7.11 Å². The number of hydrogen-bond donors (Lipinski definition) is 1. The van der Waals surface area contributed by atoms with Crippen LogP contribution in [0.3, 0.4) is 0 Å². The molecule has 4 heteroatoms.